The van der Waals surface area contributed by atoms with Gasteiger partial charge in [-0.05, 0) is 13.8 Å². The summed E-state index contributed by atoms with van der Waals surface area (Å²) in [7, 11) is 0. The molecule has 0 fully saturated rings. The van der Waals surface area contributed by atoms with Gasteiger partial charge in [0.1, 0.15) is 0 Å². The second kappa shape index (κ2) is 13.0. The largest absolute Gasteiger partial charge is 0.394 e. The molecule has 0 aliphatic heterocycles. The molecular weight excluding hydrogens is 156 g/mol. The molecule has 3 heteroatoms. The molecule has 0 aliphatic carbocycles. The van der Waals surface area contributed by atoms with Gasteiger partial charge in [0.2, 0.25) is 0 Å². The lowest BCUT2D eigenvalue weighted by atomic mass is 10.4. The van der Waals surface area contributed by atoms with Crippen molar-refractivity contribution < 1.29 is 15.3 Å². The van der Waals surface area contributed by atoms with Crippen LogP contribution in [-0.2, 0) is 0 Å². The molecule has 0 aromatic heterocycles. The Labute approximate surface area is 73.7 Å². The summed E-state index contributed by atoms with van der Waals surface area (Å²) in [6, 6.07) is 0. The van der Waals surface area contributed by atoms with Crippen LogP contribution in [0.15, 0.2) is 24.3 Å². The Morgan fingerprint density at radius 2 is 1.75 bits per heavy atom. The van der Waals surface area contributed by atoms with Crippen molar-refractivity contribution >= 4 is 0 Å². The van der Waals surface area contributed by atoms with E-state index in [4.69, 9.17) is 15.3 Å². The maximum atomic E-state index is 8.17. The van der Waals surface area contributed by atoms with Crippen LogP contribution in [0.5, 0.6) is 0 Å². The van der Waals surface area contributed by atoms with Crippen LogP contribution < -0.4 is 0 Å². The van der Waals surface area contributed by atoms with E-state index >= 15 is 0 Å². The highest BCUT2D eigenvalue weighted by atomic mass is 16.3. The molecule has 12 heavy (non-hydrogen) atoms. The number of hydrogen-bond acceptors (Lipinski definition) is 3. The van der Waals surface area contributed by atoms with Crippen LogP contribution in [0.3, 0.4) is 0 Å². The zero-order valence-electron chi connectivity index (χ0n) is 7.64. The summed E-state index contributed by atoms with van der Waals surface area (Å²) in [5.41, 5.74) is 0. The van der Waals surface area contributed by atoms with Crippen molar-refractivity contribution in [1.29, 1.82) is 0 Å². The van der Waals surface area contributed by atoms with Gasteiger partial charge in [0.15, 0.2) is 0 Å². The van der Waals surface area contributed by atoms with E-state index in [1.165, 1.54) is 6.92 Å². The standard InChI is InChI=1S/C6H10O.C3H8O2/c1-2-3-4-5-6-7;1-3(5)2-4/h2-5,7H,6H2,1H3;3-5H,2H2,1H3/b3-2+,5-4+;. The first kappa shape index (κ1) is 13.9. The Balaban J connectivity index is 0. The monoisotopic (exact) mass is 174 g/mol. The van der Waals surface area contributed by atoms with E-state index in [0.717, 1.165) is 0 Å². The molecule has 0 aromatic carbocycles. The average molecular weight is 174 g/mol. The third-order valence-corrected chi connectivity index (χ3v) is 0.809. The molecule has 0 bridgehead atoms. The summed E-state index contributed by atoms with van der Waals surface area (Å²) in [6.45, 7) is 3.45. The summed E-state index contributed by atoms with van der Waals surface area (Å²) in [6.07, 6.45) is 6.71. The molecule has 0 heterocycles. The predicted molar refractivity (Wildman–Crippen MR) is 49.8 cm³/mol. The van der Waals surface area contributed by atoms with E-state index in [9.17, 15) is 0 Å². The third-order valence-electron chi connectivity index (χ3n) is 0.809. The molecule has 0 radical (unpaired) electrons. The topological polar surface area (TPSA) is 60.7 Å². The minimum Gasteiger partial charge on any atom is -0.394 e. The fourth-order valence-electron chi connectivity index (χ4n) is 0.251. The predicted octanol–water partition coefficient (Wildman–Crippen LogP) is 0.470. The first-order chi connectivity index (χ1) is 5.68. The van der Waals surface area contributed by atoms with Gasteiger partial charge in [-0.1, -0.05) is 24.3 Å². The second-order valence-corrected chi connectivity index (χ2v) is 2.17. The molecule has 0 aliphatic rings. The van der Waals surface area contributed by atoms with E-state index in [-0.39, 0.29) is 13.2 Å². The molecule has 1 atom stereocenters. The Hall–Kier alpha value is -0.640. The van der Waals surface area contributed by atoms with Crippen molar-refractivity contribution in [1.82, 2.24) is 0 Å². The Bertz CT molecular complexity index is 117. The van der Waals surface area contributed by atoms with Gasteiger partial charge in [-0.3, -0.25) is 0 Å². The quantitative estimate of drug-likeness (QED) is 0.545. The highest BCUT2D eigenvalue weighted by molar-refractivity contribution is 5.00. The van der Waals surface area contributed by atoms with Gasteiger partial charge >= 0.3 is 0 Å². The molecule has 1 unspecified atom stereocenters. The lowest BCUT2D eigenvalue weighted by Gasteiger charge is -1.90. The summed E-state index contributed by atoms with van der Waals surface area (Å²) in [5, 5.41) is 24.2. The summed E-state index contributed by atoms with van der Waals surface area (Å²) >= 11 is 0. The fraction of sp³-hybridized carbons (Fsp3) is 0.556. The molecule has 72 valence electrons. The first-order valence-corrected chi connectivity index (χ1v) is 3.86. The summed E-state index contributed by atoms with van der Waals surface area (Å²) < 4.78 is 0. The van der Waals surface area contributed by atoms with Gasteiger partial charge in [0.05, 0.1) is 19.3 Å². The van der Waals surface area contributed by atoms with Crippen LogP contribution in [0.25, 0.3) is 0 Å². The Morgan fingerprint density at radius 1 is 1.25 bits per heavy atom. The zero-order valence-corrected chi connectivity index (χ0v) is 7.64. The van der Waals surface area contributed by atoms with Crippen LogP contribution >= 0.6 is 0 Å². The molecule has 0 saturated heterocycles. The maximum Gasteiger partial charge on any atom is 0.0742 e. The molecule has 3 N–H and O–H groups in total. The van der Waals surface area contributed by atoms with Gasteiger partial charge in [0, 0.05) is 0 Å². The van der Waals surface area contributed by atoms with Gasteiger partial charge in [0.25, 0.3) is 0 Å². The average Bonchev–Trinajstić information content (AvgIpc) is 2.07. The normalized spacial score (nSPS) is 13.1. The fourth-order valence-corrected chi connectivity index (χ4v) is 0.251. The van der Waals surface area contributed by atoms with Crippen molar-refractivity contribution in [3.63, 3.8) is 0 Å². The third kappa shape index (κ3) is 22.8. The number of hydrogen-bond donors (Lipinski definition) is 3. The summed E-state index contributed by atoms with van der Waals surface area (Å²) in [5.74, 6) is 0. The maximum absolute atomic E-state index is 8.17. The van der Waals surface area contributed by atoms with Gasteiger partial charge in [-0.15, -0.1) is 0 Å². The van der Waals surface area contributed by atoms with Gasteiger partial charge in [-0.25, -0.2) is 0 Å². The zero-order chi connectivity index (χ0) is 9.82. The first-order valence-electron chi connectivity index (χ1n) is 3.86. The van der Waals surface area contributed by atoms with E-state index in [0.29, 0.717) is 0 Å². The van der Waals surface area contributed by atoms with Crippen LogP contribution in [0.2, 0.25) is 0 Å². The number of rotatable bonds is 3. The van der Waals surface area contributed by atoms with Crippen LogP contribution in [-0.4, -0.2) is 34.6 Å². The molecule has 0 spiro atoms. The van der Waals surface area contributed by atoms with Crippen LogP contribution in [0.4, 0.5) is 0 Å². The van der Waals surface area contributed by atoms with Crippen molar-refractivity contribution in [2.24, 2.45) is 0 Å². The Morgan fingerprint density at radius 3 is 2.00 bits per heavy atom. The van der Waals surface area contributed by atoms with Gasteiger partial charge in [-0.2, -0.15) is 0 Å². The van der Waals surface area contributed by atoms with Crippen molar-refractivity contribution in [2.45, 2.75) is 20.0 Å². The molecule has 0 rings (SSSR count). The van der Waals surface area contributed by atoms with Crippen LogP contribution in [0.1, 0.15) is 13.8 Å². The Kier molecular flexibility index (Phi) is 15.1. The van der Waals surface area contributed by atoms with E-state index in [2.05, 4.69) is 0 Å². The highest BCUT2D eigenvalue weighted by Crippen LogP contribution is 1.72. The minimum atomic E-state index is -0.560. The molecule has 0 aromatic rings. The summed E-state index contributed by atoms with van der Waals surface area (Å²) in [4.78, 5) is 0. The van der Waals surface area contributed by atoms with Crippen molar-refractivity contribution in [3.05, 3.63) is 24.3 Å². The lowest BCUT2D eigenvalue weighted by molar-refractivity contribution is 0.110. The number of aliphatic hydroxyl groups excluding tert-OH is 3. The van der Waals surface area contributed by atoms with E-state index in [1.807, 2.05) is 19.1 Å². The van der Waals surface area contributed by atoms with Crippen molar-refractivity contribution in [3.8, 4) is 0 Å². The number of aliphatic hydroxyl groups is 3. The highest BCUT2D eigenvalue weighted by Gasteiger charge is 1.83. The minimum absolute atomic E-state index is 0.129. The van der Waals surface area contributed by atoms with E-state index < -0.39 is 6.10 Å². The van der Waals surface area contributed by atoms with Gasteiger partial charge < -0.3 is 15.3 Å². The molecule has 3 nitrogen and oxygen atoms in total. The SMILES string of the molecule is C/C=C/C=C/CO.CC(O)CO. The van der Waals surface area contributed by atoms with E-state index in [1.54, 1.807) is 12.2 Å². The van der Waals surface area contributed by atoms with Crippen molar-refractivity contribution in [2.75, 3.05) is 13.2 Å². The molecular formula is C9H18O3. The molecule has 0 amide bonds. The number of allylic oxidation sites excluding steroid dienone is 3. The van der Waals surface area contributed by atoms with Crippen LogP contribution in [0, 0.1) is 0 Å². The lowest BCUT2D eigenvalue weighted by Crippen LogP contribution is -2.03. The second-order valence-electron chi connectivity index (χ2n) is 2.17. The molecule has 0 saturated carbocycles. The smallest absolute Gasteiger partial charge is 0.0742 e.